The molecule has 0 atom stereocenters. The SMILES string of the molecule is CCc1ccccc1NC(=O)CC(=O)N1CCN(c2ncccn2)CC1. The monoisotopic (exact) mass is 353 g/mol. The molecule has 1 aromatic heterocycles. The first-order valence-corrected chi connectivity index (χ1v) is 8.85. The lowest BCUT2D eigenvalue weighted by Crippen LogP contribution is -2.49. The van der Waals surface area contributed by atoms with Crippen molar-refractivity contribution in [3.8, 4) is 0 Å². The summed E-state index contributed by atoms with van der Waals surface area (Å²) < 4.78 is 0. The number of anilines is 2. The number of rotatable bonds is 5. The number of aromatic nitrogens is 2. The number of hydrogen-bond donors (Lipinski definition) is 1. The summed E-state index contributed by atoms with van der Waals surface area (Å²) in [4.78, 5) is 36.9. The van der Waals surface area contributed by atoms with Gasteiger partial charge in [-0.15, -0.1) is 0 Å². The van der Waals surface area contributed by atoms with Gasteiger partial charge in [0, 0.05) is 44.3 Å². The molecule has 2 heterocycles. The van der Waals surface area contributed by atoms with Crippen molar-refractivity contribution in [1.82, 2.24) is 14.9 Å². The highest BCUT2D eigenvalue weighted by Gasteiger charge is 2.24. The van der Waals surface area contributed by atoms with Crippen LogP contribution in [0.15, 0.2) is 42.7 Å². The van der Waals surface area contributed by atoms with Crippen molar-refractivity contribution in [3.05, 3.63) is 48.3 Å². The predicted octanol–water partition coefficient (Wildman–Crippen LogP) is 1.72. The number of para-hydroxylation sites is 1. The van der Waals surface area contributed by atoms with E-state index in [1.165, 1.54) is 0 Å². The van der Waals surface area contributed by atoms with Gasteiger partial charge in [-0.2, -0.15) is 0 Å². The summed E-state index contributed by atoms with van der Waals surface area (Å²) >= 11 is 0. The maximum atomic E-state index is 12.4. The zero-order valence-corrected chi connectivity index (χ0v) is 14.9. The van der Waals surface area contributed by atoms with Crippen molar-refractivity contribution >= 4 is 23.5 Å². The molecule has 1 N–H and O–H groups in total. The van der Waals surface area contributed by atoms with Gasteiger partial charge in [0.15, 0.2) is 0 Å². The first-order valence-electron chi connectivity index (χ1n) is 8.85. The third-order valence-electron chi connectivity index (χ3n) is 4.45. The Hall–Kier alpha value is -2.96. The van der Waals surface area contributed by atoms with Crippen LogP contribution in [-0.4, -0.2) is 52.9 Å². The Labute approximate surface area is 153 Å². The highest BCUT2D eigenvalue weighted by Crippen LogP contribution is 2.16. The first kappa shape index (κ1) is 17.8. The molecule has 0 radical (unpaired) electrons. The molecule has 0 spiro atoms. The molecule has 7 heteroatoms. The third-order valence-corrected chi connectivity index (χ3v) is 4.45. The molecule has 136 valence electrons. The molecule has 1 aliphatic rings. The second-order valence-electron chi connectivity index (χ2n) is 6.15. The number of benzene rings is 1. The van der Waals surface area contributed by atoms with Crippen molar-refractivity contribution in [2.75, 3.05) is 36.4 Å². The molecule has 2 amide bonds. The summed E-state index contributed by atoms with van der Waals surface area (Å²) in [6.07, 6.45) is 4.10. The molecule has 1 aliphatic heterocycles. The molecule has 26 heavy (non-hydrogen) atoms. The molecule has 2 aromatic rings. The number of nitrogens with zero attached hydrogens (tertiary/aromatic N) is 4. The molecule has 0 aliphatic carbocycles. The van der Waals surface area contributed by atoms with Gasteiger partial charge in [-0.1, -0.05) is 25.1 Å². The van der Waals surface area contributed by atoms with E-state index in [0.717, 1.165) is 17.7 Å². The minimum absolute atomic E-state index is 0.139. The minimum Gasteiger partial charge on any atom is -0.339 e. The van der Waals surface area contributed by atoms with Crippen LogP contribution in [0.1, 0.15) is 18.9 Å². The Bertz CT molecular complexity index is 758. The van der Waals surface area contributed by atoms with Gasteiger partial charge < -0.3 is 15.1 Å². The van der Waals surface area contributed by atoms with Gasteiger partial charge in [0.25, 0.3) is 0 Å². The Morgan fingerprint density at radius 2 is 1.73 bits per heavy atom. The lowest BCUT2D eigenvalue weighted by Gasteiger charge is -2.34. The molecule has 0 saturated carbocycles. The Balaban J connectivity index is 1.50. The number of nitrogens with one attached hydrogen (secondary N) is 1. The standard InChI is InChI=1S/C19H23N5O2/c1-2-15-6-3-4-7-16(15)22-17(25)14-18(26)23-10-12-24(13-11-23)19-20-8-5-9-21-19/h3-9H,2,10-14H2,1H3,(H,22,25). The lowest BCUT2D eigenvalue weighted by atomic mass is 10.1. The van der Waals surface area contributed by atoms with Gasteiger partial charge in [0.05, 0.1) is 0 Å². The number of hydrogen-bond acceptors (Lipinski definition) is 5. The van der Waals surface area contributed by atoms with Gasteiger partial charge in [-0.25, -0.2) is 9.97 Å². The van der Waals surface area contributed by atoms with Crippen molar-refractivity contribution in [2.24, 2.45) is 0 Å². The van der Waals surface area contributed by atoms with E-state index in [4.69, 9.17) is 0 Å². The molecule has 3 rings (SSSR count). The topological polar surface area (TPSA) is 78.4 Å². The summed E-state index contributed by atoms with van der Waals surface area (Å²) in [5.41, 5.74) is 1.84. The van der Waals surface area contributed by atoms with E-state index in [1.807, 2.05) is 36.1 Å². The molecule has 1 saturated heterocycles. The summed E-state index contributed by atoms with van der Waals surface area (Å²) in [6.45, 7) is 4.49. The maximum absolute atomic E-state index is 12.4. The van der Waals surface area contributed by atoms with Crippen molar-refractivity contribution in [2.45, 2.75) is 19.8 Å². The van der Waals surface area contributed by atoms with Crippen LogP contribution in [0, 0.1) is 0 Å². The number of piperazine rings is 1. The fraction of sp³-hybridized carbons (Fsp3) is 0.368. The first-order chi connectivity index (χ1) is 12.7. The quantitative estimate of drug-likeness (QED) is 0.828. The van der Waals surface area contributed by atoms with Crippen LogP contribution < -0.4 is 10.2 Å². The molecule has 0 unspecified atom stereocenters. The van der Waals surface area contributed by atoms with Gasteiger partial charge in [-0.3, -0.25) is 9.59 Å². The molecular weight excluding hydrogens is 330 g/mol. The summed E-state index contributed by atoms with van der Waals surface area (Å²) in [7, 11) is 0. The lowest BCUT2D eigenvalue weighted by molar-refractivity contribution is -0.134. The van der Waals surface area contributed by atoms with E-state index in [0.29, 0.717) is 32.1 Å². The summed E-state index contributed by atoms with van der Waals surface area (Å²) in [5.74, 6) is 0.253. The van der Waals surface area contributed by atoms with E-state index >= 15 is 0 Å². The normalized spacial score (nSPS) is 14.2. The highest BCUT2D eigenvalue weighted by atomic mass is 16.2. The second-order valence-corrected chi connectivity index (χ2v) is 6.15. The van der Waals surface area contributed by atoms with Crippen LogP contribution in [0.2, 0.25) is 0 Å². The average molecular weight is 353 g/mol. The number of amides is 2. The van der Waals surface area contributed by atoms with E-state index < -0.39 is 0 Å². The molecule has 1 aromatic carbocycles. The zero-order valence-electron chi connectivity index (χ0n) is 14.9. The highest BCUT2D eigenvalue weighted by molar-refractivity contribution is 6.03. The van der Waals surface area contributed by atoms with E-state index in [-0.39, 0.29) is 18.2 Å². The average Bonchev–Trinajstić information content (AvgIpc) is 2.69. The van der Waals surface area contributed by atoms with E-state index in [9.17, 15) is 9.59 Å². The van der Waals surface area contributed by atoms with Crippen LogP contribution in [-0.2, 0) is 16.0 Å². The Morgan fingerprint density at radius 3 is 2.42 bits per heavy atom. The zero-order chi connectivity index (χ0) is 18.4. The largest absolute Gasteiger partial charge is 0.339 e. The summed E-state index contributed by atoms with van der Waals surface area (Å²) in [5, 5.41) is 2.85. The fourth-order valence-corrected chi connectivity index (χ4v) is 3.00. The Morgan fingerprint density at radius 1 is 1.04 bits per heavy atom. The van der Waals surface area contributed by atoms with Crippen LogP contribution in [0.25, 0.3) is 0 Å². The molecular formula is C19H23N5O2. The van der Waals surface area contributed by atoms with Crippen molar-refractivity contribution in [1.29, 1.82) is 0 Å². The van der Waals surface area contributed by atoms with Crippen LogP contribution in [0.3, 0.4) is 0 Å². The molecule has 1 fully saturated rings. The van der Waals surface area contributed by atoms with Gasteiger partial charge in [0.1, 0.15) is 6.42 Å². The van der Waals surface area contributed by atoms with Crippen LogP contribution in [0.5, 0.6) is 0 Å². The van der Waals surface area contributed by atoms with Gasteiger partial charge in [-0.05, 0) is 24.1 Å². The third kappa shape index (κ3) is 4.36. The van der Waals surface area contributed by atoms with E-state index in [2.05, 4.69) is 15.3 Å². The summed E-state index contributed by atoms with van der Waals surface area (Å²) in [6, 6.07) is 9.43. The number of carbonyl (C=O) groups excluding carboxylic acids is 2. The fourth-order valence-electron chi connectivity index (χ4n) is 3.00. The van der Waals surface area contributed by atoms with Crippen LogP contribution >= 0.6 is 0 Å². The van der Waals surface area contributed by atoms with E-state index in [1.54, 1.807) is 23.4 Å². The molecule has 0 bridgehead atoms. The van der Waals surface area contributed by atoms with Gasteiger partial charge in [0.2, 0.25) is 17.8 Å². The van der Waals surface area contributed by atoms with Crippen molar-refractivity contribution in [3.63, 3.8) is 0 Å². The Kier molecular flexibility index (Phi) is 5.78. The van der Waals surface area contributed by atoms with Crippen LogP contribution in [0.4, 0.5) is 11.6 Å². The molecule has 7 nitrogen and oxygen atoms in total. The second kappa shape index (κ2) is 8.42. The minimum atomic E-state index is -0.273. The number of aryl methyl sites for hydroxylation is 1. The van der Waals surface area contributed by atoms with Crippen molar-refractivity contribution < 1.29 is 9.59 Å². The maximum Gasteiger partial charge on any atom is 0.233 e. The van der Waals surface area contributed by atoms with Gasteiger partial charge >= 0.3 is 0 Å². The smallest absolute Gasteiger partial charge is 0.233 e. The predicted molar refractivity (Wildman–Crippen MR) is 99.9 cm³/mol. The number of carbonyl (C=O) groups is 2.